The SMILES string of the molecule is CC(=O)NCC(=O)N1CCC[C@@H](n2cc(-c3nc(-c4ccccc4)no3)nn2)C1. The predicted molar refractivity (Wildman–Crippen MR) is 102 cm³/mol. The Morgan fingerprint density at radius 3 is 2.90 bits per heavy atom. The molecule has 1 aromatic carbocycles. The van der Waals surface area contributed by atoms with Gasteiger partial charge in [0.15, 0.2) is 5.69 Å². The second-order valence-electron chi connectivity index (χ2n) is 6.92. The Morgan fingerprint density at radius 1 is 1.28 bits per heavy atom. The van der Waals surface area contributed by atoms with Crippen molar-refractivity contribution in [3.8, 4) is 23.0 Å². The van der Waals surface area contributed by atoms with Crippen molar-refractivity contribution in [3.63, 3.8) is 0 Å². The van der Waals surface area contributed by atoms with Gasteiger partial charge in [-0.3, -0.25) is 9.59 Å². The van der Waals surface area contributed by atoms with Crippen LogP contribution in [0.3, 0.4) is 0 Å². The molecule has 10 heteroatoms. The fourth-order valence-corrected chi connectivity index (χ4v) is 3.29. The van der Waals surface area contributed by atoms with Crippen molar-refractivity contribution < 1.29 is 14.1 Å². The number of carbonyl (C=O) groups excluding carboxylic acids is 2. The minimum absolute atomic E-state index is 0.00259. The summed E-state index contributed by atoms with van der Waals surface area (Å²) < 4.78 is 7.07. The van der Waals surface area contributed by atoms with Crippen molar-refractivity contribution in [2.75, 3.05) is 19.6 Å². The van der Waals surface area contributed by atoms with Gasteiger partial charge in [-0.1, -0.05) is 40.7 Å². The molecule has 0 radical (unpaired) electrons. The molecule has 3 heterocycles. The third-order valence-electron chi connectivity index (χ3n) is 4.80. The maximum atomic E-state index is 12.3. The van der Waals surface area contributed by atoms with Gasteiger partial charge in [-0.2, -0.15) is 4.98 Å². The molecule has 150 valence electrons. The summed E-state index contributed by atoms with van der Waals surface area (Å²) in [4.78, 5) is 29.4. The molecule has 1 fully saturated rings. The summed E-state index contributed by atoms with van der Waals surface area (Å²) >= 11 is 0. The first-order chi connectivity index (χ1) is 14.1. The van der Waals surface area contributed by atoms with Crippen molar-refractivity contribution in [1.82, 2.24) is 35.4 Å². The lowest BCUT2D eigenvalue weighted by molar-refractivity contribution is -0.133. The van der Waals surface area contributed by atoms with Crippen LogP contribution in [0.4, 0.5) is 0 Å². The van der Waals surface area contributed by atoms with E-state index in [0.717, 1.165) is 18.4 Å². The van der Waals surface area contributed by atoms with Gasteiger partial charge in [-0.05, 0) is 12.8 Å². The Morgan fingerprint density at radius 2 is 2.10 bits per heavy atom. The van der Waals surface area contributed by atoms with Crippen LogP contribution >= 0.6 is 0 Å². The van der Waals surface area contributed by atoms with Gasteiger partial charge in [0.05, 0.1) is 18.8 Å². The number of piperidine rings is 1. The summed E-state index contributed by atoms with van der Waals surface area (Å²) in [6.45, 7) is 2.58. The van der Waals surface area contributed by atoms with Crippen molar-refractivity contribution in [2.45, 2.75) is 25.8 Å². The molecule has 0 saturated carbocycles. The van der Waals surface area contributed by atoms with Crippen LogP contribution < -0.4 is 5.32 Å². The van der Waals surface area contributed by atoms with E-state index in [1.54, 1.807) is 15.8 Å². The largest absolute Gasteiger partial charge is 0.347 e. The molecule has 10 nitrogen and oxygen atoms in total. The van der Waals surface area contributed by atoms with E-state index in [2.05, 4.69) is 25.8 Å². The molecular formula is C19H21N7O3. The highest BCUT2D eigenvalue weighted by atomic mass is 16.5. The van der Waals surface area contributed by atoms with Gasteiger partial charge in [0.2, 0.25) is 17.6 Å². The molecule has 1 aliphatic rings. The summed E-state index contributed by atoms with van der Waals surface area (Å²) in [5.41, 5.74) is 1.34. The first-order valence-electron chi connectivity index (χ1n) is 9.43. The maximum Gasteiger partial charge on any atom is 0.280 e. The minimum Gasteiger partial charge on any atom is -0.347 e. The number of nitrogens with one attached hydrogen (secondary N) is 1. The number of amides is 2. The van der Waals surface area contributed by atoms with E-state index in [9.17, 15) is 9.59 Å². The topological polar surface area (TPSA) is 119 Å². The number of likely N-dealkylation sites (tertiary alicyclic amines) is 1. The Labute approximate surface area is 166 Å². The molecule has 29 heavy (non-hydrogen) atoms. The lowest BCUT2D eigenvalue weighted by Gasteiger charge is -2.32. The molecule has 0 unspecified atom stereocenters. The molecule has 1 saturated heterocycles. The van der Waals surface area contributed by atoms with Crippen LogP contribution in [0, 0.1) is 0 Å². The molecule has 2 amide bonds. The van der Waals surface area contributed by atoms with Gasteiger partial charge in [-0.15, -0.1) is 5.10 Å². The zero-order valence-electron chi connectivity index (χ0n) is 16.0. The average molecular weight is 395 g/mol. The monoisotopic (exact) mass is 395 g/mol. The molecule has 1 N–H and O–H groups in total. The van der Waals surface area contributed by atoms with Gasteiger partial charge in [0.25, 0.3) is 5.89 Å². The highest BCUT2D eigenvalue weighted by Gasteiger charge is 2.26. The van der Waals surface area contributed by atoms with E-state index in [4.69, 9.17) is 4.52 Å². The lowest BCUT2D eigenvalue weighted by atomic mass is 10.1. The van der Waals surface area contributed by atoms with Crippen molar-refractivity contribution in [2.24, 2.45) is 0 Å². The normalized spacial score (nSPS) is 16.6. The second-order valence-corrected chi connectivity index (χ2v) is 6.92. The summed E-state index contributed by atoms with van der Waals surface area (Å²) in [6.07, 6.45) is 3.49. The number of aromatic nitrogens is 5. The Balaban J connectivity index is 1.44. The quantitative estimate of drug-likeness (QED) is 0.691. The van der Waals surface area contributed by atoms with Gasteiger partial charge < -0.3 is 14.7 Å². The van der Waals surface area contributed by atoms with E-state index in [1.807, 2.05) is 30.3 Å². The van der Waals surface area contributed by atoms with Crippen LogP contribution in [0.15, 0.2) is 41.1 Å². The zero-order chi connectivity index (χ0) is 20.2. The van der Waals surface area contributed by atoms with Crippen molar-refractivity contribution >= 4 is 11.8 Å². The lowest BCUT2D eigenvalue weighted by Crippen LogP contribution is -2.45. The number of hydrogen-bond acceptors (Lipinski definition) is 7. The summed E-state index contributed by atoms with van der Waals surface area (Å²) in [5, 5.41) is 14.9. The van der Waals surface area contributed by atoms with Crippen LogP contribution in [0.2, 0.25) is 0 Å². The molecular weight excluding hydrogens is 374 g/mol. The van der Waals surface area contributed by atoms with Crippen LogP contribution in [0.5, 0.6) is 0 Å². The number of carbonyl (C=O) groups is 2. The zero-order valence-corrected chi connectivity index (χ0v) is 16.0. The molecule has 1 atom stereocenters. The van der Waals surface area contributed by atoms with Crippen LogP contribution in [-0.2, 0) is 9.59 Å². The van der Waals surface area contributed by atoms with E-state index in [0.29, 0.717) is 30.5 Å². The van der Waals surface area contributed by atoms with Gasteiger partial charge in [-0.25, -0.2) is 4.68 Å². The first kappa shape index (κ1) is 18.8. The molecule has 1 aliphatic heterocycles. The van der Waals surface area contributed by atoms with Gasteiger partial charge >= 0.3 is 0 Å². The molecule has 2 aromatic heterocycles. The summed E-state index contributed by atoms with van der Waals surface area (Å²) in [6, 6.07) is 9.54. The Kier molecular flexibility index (Phi) is 5.32. The number of rotatable bonds is 5. The van der Waals surface area contributed by atoms with Crippen LogP contribution in [-0.4, -0.2) is 61.5 Å². The van der Waals surface area contributed by atoms with Crippen LogP contribution in [0.1, 0.15) is 25.8 Å². The summed E-state index contributed by atoms with van der Waals surface area (Å²) in [7, 11) is 0. The van der Waals surface area contributed by atoms with E-state index in [1.165, 1.54) is 6.92 Å². The van der Waals surface area contributed by atoms with E-state index in [-0.39, 0.29) is 24.4 Å². The highest BCUT2D eigenvalue weighted by molar-refractivity contribution is 5.83. The van der Waals surface area contributed by atoms with E-state index < -0.39 is 0 Å². The standard InChI is InChI=1S/C19H21N7O3/c1-13(27)20-10-17(28)25-9-5-8-15(11-25)26-12-16(22-24-26)19-21-18(23-29-19)14-6-3-2-4-7-14/h2-4,6-7,12,15H,5,8-11H2,1H3,(H,20,27)/t15-/m1/s1. The molecule has 0 spiro atoms. The smallest absolute Gasteiger partial charge is 0.280 e. The number of hydrogen-bond donors (Lipinski definition) is 1. The fourth-order valence-electron chi connectivity index (χ4n) is 3.29. The highest BCUT2D eigenvalue weighted by Crippen LogP contribution is 2.24. The third-order valence-corrected chi connectivity index (χ3v) is 4.80. The number of benzene rings is 1. The van der Waals surface area contributed by atoms with Crippen molar-refractivity contribution in [3.05, 3.63) is 36.5 Å². The molecule has 3 aromatic rings. The minimum atomic E-state index is -0.220. The van der Waals surface area contributed by atoms with Gasteiger partial charge in [0.1, 0.15) is 0 Å². The predicted octanol–water partition coefficient (Wildman–Crippen LogP) is 1.29. The average Bonchev–Trinajstić information content (AvgIpc) is 3.42. The number of nitrogens with zero attached hydrogens (tertiary/aromatic N) is 6. The molecule has 4 rings (SSSR count). The fraction of sp³-hybridized carbons (Fsp3) is 0.368. The van der Waals surface area contributed by atoms with E-state index >= 15 is 0 Å². The third kappa shape index (κ3) is 4.31. The van der Waals surface area contributed by atoms with Gasteiger partial charge in [0, 0.05) is 25.6 Å². The first-order valence-corrected chi connectivity index (χ1v) is 9.43. The molecule has 0 bridgehead atoms. The maximum absolute atomic E-state index is 12.3. The van der Waals surface area contributed by atoms with Crippen molar-refractivity contribution in [1.29, 1.82) is 0 Å². The molecule has 0 aliphatic carbocycles. The van der Waals surface area contributed by atoms with Crippen LogP contribution in [0.25, 0.3) is 23.0 Å². The second kappa shape index (κ2) is 8.21. The Hall–Kier alpha value is -3.56. The Bertz CT molecular complexity index is 998. The summed E-state index contributed by atoms with van der Waals surface area (Å²) in [5.74, 6) is 0.462.